The Kier molecular flexibility index (Phi) is 6.79. The third-order valence-electron chi connectivity index (χ3n) is 4.68. The number of hydrogen-bond acceptors (Lipinski definition) is 6. The molecule has 2 aromatic carbocycles. The molecule has 1 fully saturated rings. The number of halogens is 1. The van der Waals surface area contributed by atoms with Crippen molar-refractivity contribution in [2.45, 2.75) is 6.54 Å². The van der Waals surface area contributed by atoms with Gasteiger partial charge in [-0.2, -0.15) is 0 Å². The topological polar surface area (TPSA) is 93.0 Å². The fourth-order valence-corrected chi connectivity index (χ4v) is 3.27. The van der Waals surface area contributed by atoms with Crippen LogP contribution in [-0.2, 0) is 16.1 Å². The molecule has 152 valence electrons. The van der Waals surface area contributed by atoms with Crippen LogP contribution in [0.1, 0.15) is 15.9 Å². The van der Waals surface area contributed by atoms with Crippen molar-refractivity contribution in [3.8, 4) is 0 Å². The minimum Gasteiger partial charge on any atom is -0.452 e. The average Bonchev–Trinajstić information content (AvgIpc) is 2.73. The van der Waals surface area contributed by atoms with E-state index >= 15 is 0 Å². The zero-order valence-electron chi connectivity index (χ0n) is 15.6. The number of carbonyl (C=O) groups excluding carboxylic acids is 2. The van der Waals surface area contributed by atoms with Crippen LogP contribution in [0.3, 0.4) is 0 Å². The van der Waals surface area contributed by atoms with E-state index in [-0.39, 0.29) is 22.2 Å². The molecule has 3 rings (SSSR count). The molecular weight excluding hydrogens is 398 g/mol. The van der Waals surface area contributed by atoms with Gasteiger partial charge in [-0.3, -0.25) is 19.8 Å². The van der Waals surface area contributed by atoms with Gasteiger partial charge in [-0.05, 0) is 17.7 Å². The zero-order valence-corrected chi connectivity index (χ0v) is 16.4. The number of esters is 1. The Morgan fingerprint density at radius 1 is 1.07 bits per heavy atom. The van der Waals surface area contributed by atoms with Gasteiger partial charge >= 0.3 is 5.97 Å². The third kappa shape index (κ3) is 5.52. The van der Waals surface area contributed by atoms with E-state index in [1.807, 2.05) is 18.2 Å². The molecule has 0 aromatic heterocycles. The van der Waals surface area contributed by atoms with Gasteiger partial charge in [0.25, 0.3) is 11.6 Å². The number of nitro groups is 1. The summed E-state index contributed by atoms with van der Waals surface area (Å²) >= 11 is 5.73. The van der Waals surface area contributed by atoms with Crippen molar-refractivity contribution in [2.75, 3.05) is 32.8 Å². The van der Waals surface area contributed by atoms with Gasteiger partial charge in [0.2, 0.25) is 0 Å². The number of nitrogens with zero attached hydrogens (tertiary/aromatic N) is 3. The van der Waals surface area contributed by atoms with Crippen molar-refractivity contribution in [1.29, 1.82) is 0 Å². The standard InChI is InChI=1S/C20H20ClN3O5/c21-17-7-6-16(12-18(17)24(27)28)20(26)29-14-19(25)23-10-8-22(9-11-23)13-15-4-2-1-3-5-15/h1-7,12H,8-11,13-14H2. The molecule has 1 aliphatic heterocycles. The van der Waals surface area contributed by atoms with E-state index in [1.165, 1.54) is 17.7 Å². The van der Waals surface area contributed by atoms with Gasteiger partial charge in [-0.15, -0.1) is 0 Å². The van der Waals surface area contributed by atoms with Crippen LogP contribution in [0.5, 0.6) is 0 Å². The van der Waals surface area contributed by atoms with Crippen LogP contribution >= 0.6 is 11.6 Å². The Balaban J connectivity index is 1.47. The Morgan fingerprint density at radius 2 is 1.76 bits per heavy atom. The third-order valence-corrected chi connectivity index (χ3v) is 5.00. The quantitative estimate of drug-likeness (QED) is 0.407. The summed E-state index contributed by atoms with van der Waals surface area (Å²) in [4.78, 5) is 38.6. The Bertz CT molecular complexity index is 898. The van der Waals surface area contributed by atoms with Gasteiger partial charge < -0.3 is 9.64 Å². The van der Waals surface area contributed by atoms with Crippen LogP contribution in [0.4, 0.5) is 5.69 Å². The first-order valence-corrected chi connectivity index (χ1v) is 9.47. The second kappa shape index (κ2) is 9.49. The molecule has 0 atom stereocenters. The van der Waals surface area contributed by atoms with Gasteiger partial charge in [0.1, 0.15) is 5.02 Å². The van der Waals surface area contributed by atoms with Gasteiger partial charge in [-0.1, -0.05) is 41.9 Å². The van der Waals surface area contributed by atoms with Crippen molar-refractivity contribution in [3.63, 3.8) is 0 Å². The van der Waals surface area contributed by atoms with E-state index in [9.17, 15) is 19.7 Å². The van der Waals surface area contributed by atoms with Crippen LogP contribution in [0.15, 0.2) is 48.5 Å². The first kappa shape index (κ1) is 20.8. The minimum atomic E-state index is -0.805. The van der Waals surface area contributed by atoms with Gasteiger partial charge in [0.05, 0.1) is 10.5 Å². The maximum absolute atomic E-state index is 12.3. The molecule has 1 heterocycles. The smallest absolute Gasteiger partial charge is 0.338 e. The van der Waals surface area contributed by atoms with Crippen LogP contribution < -0.4 is 0 Å². The number of hydrogen-bond donors (Lipinski definition) is 0. The Labute approximate surface area is 172 Å². The lowest BCUT2D eigenvalue weighted by atomic mass is 10.2. The number of benzene rings is 2. The van der Waals surface area contributed by atoms with E-state index in [1.54, 1.807) is 4.90 Å². The number of nitro benzene ring substituents is 1. The summed E-state index contributed by atoms with van der Waals surface area (Å²) in [6.45, 7) is 2.99. The van der Waals surface area contributed by atoms with Crippen LogP contribution in [-0.4, -0.2) is 59.4 Å². The Hall–Kier alpha value is -2.97. The summed E-state index contributed by atoms with van der Waals surface area (Å²) < 4.78 is 5.03. The number of rotatable bonds is 6. The number of ether oxygens (including phenoxy) is 1. The van der Waals surface area contributed by atoms with E-state index in [4.69, 9.17) is 16.3 Å². The molecule has 0 unspecified atom stereocenters. The lowest BCUT2D eigenvalue weighted by Gasteiger charge is -2.34. The molecular formula is C20H20ClN3O5. The lowest BCUT2D eigenvalue weighted by Crippen LogP contribution is -2.49. The molecule has 0 radical (unpaired) electrons. The average molecular weight is 418 g/mol. The van der Waals surface area contributed by atoms with E-state index in [0.717, 1.165) is 25.7 Å². The molecule has 0 N–H and O–H groups in total. The van der Waals surface area contributed by atoms with E-state index < -0.39 is 17.5 Å². The van der Waals surface area contributed by atoms with Crippen molar-refractivity contribution in [1.82, 2.24) is 9.80 Å². The van der Waals surface area contributed by atoms with Gasteiger partial charge in [0, 0.05) is 38.8 Å². The predicted octanol–water partition coefficient (Wildman–Crippen LogP) is 2.75. The van der Waals surface area contributed by atoms with Crippen LogP contribution in [0, 0.1) is 10.1 Å². The summed E-state index contributed by atoms with van der Waals surface area (Å²) in [5.74, 6) is -1.10. The molecule has 2 aromatic rings. The van der Waals surface area contributed by atoms with E-state index in [2.05, 4.69) is 17.0 Å². The monoisotopic (exact) mass is 417 g/mol. The van der Waals surface area contributed by atoms with Crippen molar-refractivity contribution < 1.29 is 19.2 Å². The SMILES string of the molecule is O=C(OCC(=O)N1CCN(Cc2ccccc2)CC1)c1ccc(Cl)c([N+](=O)[O-])c1. The van der Waals surface area contributed by atoms with Gasteiger partial charge in [0.15, 0.2) is 6.61 Å². The summed E-state index contributed by atoms with van der Waals surface area (Å²) in [5, 5.41) is 10.8. The second-order valence-electron chi connectivity index (χ2n) is 6.64. The fourth-order valence-electron chi connectivity index (χ4n) is 3.08. The van der Waals surface area contributed by atoms with Gasteiger partial charge in [-0.25, -0.2) is 4.79 Å². The summed E-state index contributed by atoms with van der Waals surface area (Å²) in [6, 6.07) is 13.7. The molecule has 9 heteroatoms. The lowest BCUT2D eigenvalue weighted by molar-refractivity contribution is -0.384. The molecule has 1 amide bonds. The summed E-state index contributed by atoms with van der Waals surface area (Å²) in [6.07, 6.45) is 0. The molecule has 0 spiro atoms. The van der Waals surface area contributed by atoms with Crippen LogP contribution in [0.25, 0.3) is 0 Å². The van der Waals surface area contributed by atoms with Crippen molar-refractivity contribution in [3.05, 3.63) is 74.8 Å². The first-order chi connectivity index (χ1) is 13.9. The number of carbonyl (C=O) groups is 2. The molecule has 8 nitrogen and oxygen atoms in total. The maximum atomic E-state index is 12.3. The molecule has 0 bridgehead atoms. The first-order valence-electron chi connectivity index (χ1n) is 9.09. The summed E-state index contributed by atoms with van der Waals surface area (Å²) in [5.41, 5.74) is 0.807. The van der Waals surface area contributed by atoms with Crippen LogP contribution in [0.2, 0.25) is 5.02 Å². The number of piperazine rings is 1. The Morgan fingerprint density at radius 3 is 2.41 bits per heavy atom. The largest absolute Gasteiger partial charge is 0.452 e. The molecule has 1 aliphatic rings. The molecule has 0 saturated carbocycles. The molecule has 0 aliphatic carbocycles. The molecule has 1 saturated heterocycles. The molecule has 29 heavy (non-hydrogen) atoms. The van der Waals surface area contributed by atoms with E-state index in [0.29, 0.717) is 13.1 Å². The second-order valence-corrected chi connectivity index (χ2v) is 7.05. The fraction of sp³-hybridized carbons (Fsp3) is 0.300. The highest BCUT2D eigenvalue weighted by Crippen LogP contribution is 2.25. The highest BCUT2D eigenvalue weighted by atomic mass is 35.5. The van der Waals surface area contributed by atoms with Crippen molar-refractivity contribution in [2.24, 2.45) is 0 Å². The highest BCUT2D eigenvalue weighted by molar-refractivity contribution is 6.32. The maximum Gasteiger partial charge on any atom is 0.338 e. The highest BCUT2D eigenvalue weighted by Gasteiger charge is 2.23. The zero-order chi connectivity index (χ0) is 20.8. The summed E-state index contributed by atoms with van der Waals surface area (Å²) in [7, 11) is 0. The number of amides is 1. The van der Waals surface area contributed by atoms with Crippen molar-refractivity contribution >= 4 is 29.2 Å². The minimum absolute atomic E-state index is 0.0263. The normalized spacial score (nSPS) is 14.4. The predicted molar refractivity (Wildman–Crippen MR) is 107 cm³/mol.